The van der Waals surface area contributed by atoms with E-state index in [0.29, 0.717) is 29.3 Å². The van der Waals surface area contributed by atoms with Gasteiger partial charge in [0.25, 0.3) is 7.37 Å². The molecule has 1 aliphatic rings. The highest BCUT2D eigenvalue weighted by Crippen LogP contribution is 2.57. The maximum absolute atomic E-state index is 13.0. The lowest BCUT2D eigenvalue weighted by Gasteiger charge is -2.24. The molecule has 0 radical (unpaired) electrons. The lowest BCUT2D eigenvalue weighted by Crippen LogP contribution is -2.16. The van der Waals surface area contributed by atoms with Gasteiger partial charge in [-0.2, -0.15) is 0 Å². The zero-order valence-electron chi connectivity index (χ0n) is 9.91. The van der Waals surface area contributed by atoms with E-state index in [2.05, 4.69) is 0 Å². The first kappa shape index (κ1) is 12.8. The number of hydrogen-bond donors (Lipinski definition) is 0. The Hall–Kier alpha value is -1.64. The minimum absolute atomic E-state index is 0.317. The summed E-state index contributed by atoms with van der Waals surface area (Å²) in [5.74, 6) is 0.525. The summed E-state index contributed by atoms with van der Waals surface area (Å²) in [7, 11) is -3.15. The van der Waals surface area contributed by atoms with Crippen LogP contribution in [0.2, 0.25) is 0 Å². The van der Waals surface area contributed by atoms with Gasteiger partial charge in [-0.15, -0.1) is 0 Å². The van der Waals surface area contributed by atoms with Gasteiger partial charge < -0.3 is 9.26 Å². The van der Waals surface area contributed by atoms with Crippen LogP contribution in [-0.4, -0.2) is 12.9 Å². The van der Waals surface area contributed by atoms with Crippen molar-refractivity contribution in [2.24, 2.45) is 0 Å². The number of hydrogen-bond acceptors (Lipinski definition) is 4. The van der Waals surface area contributed by atoms with Gasteiger partial charge in [-0.25, -0.2) is 0 Å². The number of ether oxygens (including phenoxy) is 1. The van der Waals surface area contributed by atoms with Crippen LogP contribution < -0.4 is 10.0 Å². The van der Waals surface area contributed by atoms with Gasteiger partial charge in [-0.05, 0) is 31.2 Å². The zero-order chi connectivity index (χ0) is 13.0. The Morgan fingerprint density at radius 3 is 2.89 bits per heavy atom. The van der Waals surface area contributed by atoms with Crippen molar-refractivity contribution < 1.29 is 18.6 Å². The second kappa shape index (κ2) is 5.34. The van der Waals surface area contributed by atoms with Crippen LogP contribution in [0.4, 0.5) is 0 Å². The minimum atomic E-state index is -3.15. The Labute approximate surface area is 105 Å². The molecule has 1 heterocycles. The van der Waals surface area contributed by atoms with Crippen molar-refractivity contribution in [3.05, 3.63) is 48.0 Å². The topological polar surface area (TPSA) is 52.6 Å². The summed E-state index contributed by atoms with van der Waals surface area (Å²) in [4.78, 5) is 10.4. The molecule has 2 rings (SSSR count). The Morgan fingerprint density at radius 2 is 2.17 bits per heavy atom. The molecule has 4 nitrogen and oxygen atoms in total. The lowest BCUT2D eigenvalue weighted by molar-refractivity contribution is -0.104. The third-order valence-corrected chi connectivity index (χ3v) is 5.05. The molecule has 1 aliphatic heterocycles. The van der Waals surface area contributed by atoms with E-state index < -0.39 is 7.37 Å². The highest BCUT2D eigenvalue weighted by atomic mass is 31.2. The van der Waals surface area contributed by atoms with Crippen LogP contribution in [0.1, 0.15) is 6.92 Å². The summed E-state index contributed by atoms with van der Waals surface area (Å²) in [6, 6.07) is 7.03. The van der Waals surface area contributed by atoms with Crippen LogP contribution in [-0.2, 0) is 13.9 Å². The first-order valence-corrected chi connectivity index (χ1v) is 7.18. The Kier molecular flexibility index (Phi) is 3.80. The molecule has 0 bridgehead atoms. The highest BCUT2D eigenvalue weighted by molar-refractivity contribution is 7.71. The largest absolute Gasteiger partial charge is 0.463 e. The molecule has 0 amide bonds. The van der Waals surface area contributed by atoms with Crippen molar-refractivity contribution in [2.45, 2.75) is 6.92 Å². The van der Waals surface area contributed by atoms with Crippen LogP contribution in [0.15, 0.2) is 48.0 Å². The van der Waals surface area contributed by atoms with Crippen LogP contribution >= 0.6 is 7.37 Å². The third kappa shape index (κ3) is 2.17. The second-order valence-electron chi connectivity index (χ2n) is 3.59. The minimum Gasteiger partial charge on any atom is -0.463 e. The van der Waals surface area contributed by atoms with E-state index in [0.717, 1.165) is 0 Å². The first-order chi connectivity index (χ1) is 8.72. The van der Waals surface area contributed by atoms with Gasteiger partial charge in [0.2, 0.25) is 0 Å². The molecule has 0 saturated heterocycles. The van der Waals surface area contributed by atoms with Crippen LogP contribution in [0.5, 0.6) is 5.75 Å². The fraction of sp³-hybridized carbons (Fsp3) is 0.154. The van der Waals surface area contributed by atoms with Gasteiger partial charge >= 0.3 is 0 Å². The van der Waals surface area contributed by atoms with Crippen molar-refractivity contribution in [3.8, 4) is 5.75 Å². The van der Waals surface area contributed by atoms with E-state index in [1.54, 1.807) is 31.2 Å². The predicted molar refractivity (Wildman–Crippen MR) is 69.2 cm³/mol. The van der Waals surface area contributed by atoms with Crippen LogP contribution in [0.3, 0.4) is 0 Å². The van der Waals surface area contributed by atoms with Crippen molar-refractivity contribution in [3.63, 3.8) is 0 Å². The normalized spacial score (nSPS) is 22.2. The van der Waals surface area contributed by atoms with Gasteiger partial charge in [-0.1, -0.05) is 12.1 Å². The molecular weight excluding hydrogens is 251 g/mol. The molecule has 1 atom stereocenters. The monoisotopic (exact) mass is 264 g/mol. The van der Waals surface area contributed by atoms with E-state index in [1.807, 2.05) is 0 Å². The molecular formula is C13H13O4P. The van der Waals surface area contributed by atoms with E-state index in [1.165, 1.54) is 18.4 Å². The molecule has 0 N–H and O–H groups in total. The summed E-state index contributed by atoms with van der Waals surface area (Å²) in [5.41, 5.74) is 0. The average molecular weight is 264 g/mol. The van der Waals surface area contributed by atoms with Crippen molar-refractivity contribution >= 4 is 19.0 Å². The number of carbonyl (C=O) groups excluding carboxylic acids is 1. The van der Waals surface area contributed by atoms with Gasteiger partial charge in [0.15, 0.2) is 0 Å². The van der Waals surface area contributed by atoms with Crippen molar-refractivity contribution in [1.82, 2.24) is 0 Å². The number of benzene rings is 1. The highest BCUT2D eigenvalue weighted by Gasteiger charge is 2.35. The molecule has 0 aromatic heterocycles. The molecule has 0 spiro atoms. The van der Waals surface area contributed by atoms with Crippen molar-refractivity contribution in [2.75, 3.05) is 6.61 Å². The van der Waals surface area contributed by atoms with E-state index in [4.69, 9.17) is 9.26 Å². The smallest absolute Gasteiger partial charge is 0.268 e. The number of rotatable bonds is 4. The lowest BCUT2D eigenvalue weighted by atomic mass is 10.3. The van der Waals surface area contributed by atoms with Gasteiger partial charge in [0.05, 0.1) is 17.2 Å². The Balaban J connectivity index is 2.53. The Morgan fingerprint density at radius 1 is 1.39 bits per heavy atom. The fourth-order valence-electron chi connectivity index (χ4n) is 1.73. The molecule has 0 aliphatic carbocycles. The first-order valence-electron chi connectivity index (χ1n) is 5.56. The Bertz CT molecular complexity index is 560. The summed E-state index contributed by atoms with van der Waals surface area (Å²) >= 11 is 0. The molecule has 1 aromatic rings. The molecule has 1 aromatic carbocycles. The second-order valence-corrected chi connectivity index (χ2v) is 5.95. The standard InChI is InChI=1S/C13H13O4P/c1-2-17-18(15)11(6-5-9-14)10-16-12-7-3-4-8-13(12)18/h3-10H,2H2,1H3/b6-5+. The quantitative estimate of drug-likeness (QED) is 0.476. The predicted octanol–water partition coefficient (Wildman–Crippen LogP) is 2.62. The average Bonchev–Trinajstić information content (AvgIpc) is 2.39. The zero-order valence-corrected chi connectivity index (χ0v) is 10.8. The maximum atomic E-state index is 13.0. The van der Waals surface area contributed by atoms with Crippen LogP contribution in [0, 0.1) is 0 Å². The van der Waals surface area contributed by atoms with E-state index >= 15 is 0 Å². The summed E-state index contributed by atoms with van der Waals surface area (Å²) in [6.07, 6.45) is 4.73. The molecule has 0 fully saturated rings. The fourth-order valence-corrected chi connectivity index (χ4v) is 3.84. The maximum Gasteiger partial charge on any atom is 0.268 e. The summed E-state index contributed by atoms with van der Waals surface area (Å²) < 4.78 is 23.8. The molecule has 5 heteroatoms. The summed E-state index contributed by atoms with van der Waals surface area (Å²) in [6.45, 7) is 2.09. The van der Waals surface area contributed by atoms with E-state index in [-0.39, 0.29) is 0 Å². The summed E-state index contributed by atoms with van der Waals surface area (Å²) in [5, 5.41) is 0.912. The van der Waals surface area contributed by atoms with Gasteiger partial charge in [-0.3, -0.25) is 9.36 Å². The van der Waals surface area contributed by atoms with Crippen molar-refractivity contribution in [1.29, 1.82) is 0 Å². The number of carbonyl (C=O) groups is 1. The number of para-hydroxylation sites is 1. The van der Waals surface area contributed by atoms with Gasteiger partial charge in [0, 0.05) is 0 Å². The molecule has 94 valence electrons. The van der Waals surface area contributed by atoms with E-state index in [9.17, 15) is 9.36 Å². The SMILES string of the molecule is CCOP1(=O)C(/C=C/C=O)=COc2ccccc21. The number of fused-ring (bicyclic) bond motifs is 1. The van der Waals surface area contributed by atoms with Crippen LogP contribution in [0.25, 0.3) is 0 Å². The molecule has 1 unspecified atom stereocenters. The third-order valence-electron chi connectivity index (χ3n) is 2.49. The number of allylic oxidation sites excluding steroid dienone is 3. The van der Waals surface area contributed by atoms with Gasteiger partial charge in [0.1, 0.15) is 18.3 Å². The molecule has 18 heavy (non-hydrogen) atoms. The molecule has 0 saturated carbocycles. The number of aldehydes is 1.